The fourth-order valence-electron chi connectivity index (χ4n) is 3.36. The molecule has 1 aliphatic carbocycles. The van der Waals surface area contributed by atoms with Gasteiger partial charge < -0.3 is 15.3 Å². The van der Waals surface area contributed by atoms with Gasteiger partial charge in [-0.05, 0) is 50.2 Å². The first kappa shape index (κ1) is 16.0. The van der Waals surface area contributed by atoms with Crippen LogP contribution in [0.25, 0.3) is 0 Å². The van der Waals surface area contributed by atoms with E-state index in [0.717, 1.165) is 45.2 Å². The van der Waals surface area contributed by atoms with Crippen molar-refractivity contribution in [2.75, 3.05) is 26.0 Å². The van der Waals surface area contributed by atoms with Crippen LogP contribution in [0, 0.1) is 5.41 Å². The van der Waals surface area contributed by atoms with Crippen molar-refractivity contribution in [2.45, 2.75) is 56.7 Å². The Kier molecular flexibility index (Phi) is 5.61. The molecule has 0 aromatic heterocycles. The van der Waals surface area contributed by atoms with E-state index >= 15 is 0 Å². The molecule has 2 N–H and O–H groups in total. The summed E-state index contributed by atoms with van der Waals surface area (Å²) in [6.07, 6.45) is 8.43. The van der Waals surface area contributed by atoms with Crippen molar-refractivity contribution in [1.82, 2.24) is 10.2 Å². The summed E-state index contributed by atoms with van der Waals surface area (Å²) < 4.78 is 0. The van der Waals surface area contributed by atoms with Crippen molar-refractivity contribution in [3.63, 3.8) is 0 Å². The summed E-state index contributed by atoms with van der Waals surface area (Å²) in [6.45, 7) is 3.93. The molecule has 2 atom stereocenters. The van der Waals surface area contributed by atoms with E-state index in [0.29, 0.717) is 11.3 Å². The molecular formula is C15H28N2O2S. The van der Waals surface area contributed by atoms with Gasteiger partial charge in [-0.2, -0.15) is 11.8 Å². The zero-order valence-electron chi connectivity index (χ0n) is 12.7. The fourth-order valence-corrected chi connectivity index (χ4v) is 4.16. The molecule has 5 heteroatoms. The van der Waals surface area contributed by atoms with Gasteiger partial charge in [0.25, 0.3) is 0 Å². The highest BCUT2D eigenvalue weighted by Crippen LogP contribution is 2.34. The molecular weight excluding hydrogens is 272 g/mol. The zero-order chi connectivity index (χ0) is 14.6. The normalized spacial score (nSPS) is 29.4. The van der Waals surface area contributed by atoms with Crippen LogP contribution in [0.2, 0.25) is 0 Å². The van der Waals surface area contributed by atoms with Gasteiger partial charge in [0.1, 0.15) is 0 Å². The Labute approximate surface area is 126 Å². The van der Waals surface area contributed by atoms with E-state index in [1.165, 1.54) is 6.42 Å². The maximum absolute atomic E-state index is 12.3. The predicted molar refractivity (Wildman–Crippen MR) is 84.1 cm³/mol. The van der Waals surface area contributed by atoms with Crippen molar-refractivity contribution >= 4 is 17.8 Å². The van der Waals surface area contributed by atoms with E-state index in [9.17, 15) is 9.90 Å². The van der Waals surface area contributed by atoms with E-state index in [2.05, 4.69) is 18.5 Å². The third kappa shape index (κ3) is 3.61. The number of likely N-dealkylation sites (tertiary alicyclic amines) is 1. The van der Waals surface area contributed by atoms with E-state index in [-0.39, 0.29) is 18.1 Å². The van der Waals surface area contributed by atoms with Gasteiger partial charge in [0.05, 0.1) is 0 Å². The van der Waals surface area contributed by atoms with Gasteiger partial charge in [-0.3, -0.25) is 0 Å². The van der Waals surface area contributed by atoms with Crippen LogP contribution in [0.3, 0.4) is 0 Å². The second kappa shape index (κ2) is 7.03. The number of aliphatic hydroxyl groups is 1. The lowest BCUT2D eigenvalue weighted by atomic mass is 9.77. The molecule has 116 valence electrons. The van der Waals surface area contributed by atoms with E-state index in [1.54, 1.807) is 0 Å². The largest absolute Gasteiger partial charge is 0.396 e. The lowest BCUT2D eigenvalue weighted by Gasteiger charge is -2.40. The van der Waals surface area contributed by atoms with Gasteiger partial charge in [-0.1, -0.05) is 6.92 Å². The predicted octanol–water partition coefficient (Wildman–Crippen LogP) is 2.46. The Morgan fingerprint density at radius 3 is 2.60 bits per heavy atom. The molecule has 1 heterocycles. The molecule has 4 nitrogen and oxygen atoms in total. The van der Waals surface area contributed by atoms with Gasteiger partial charge in [0, 0.05) is 31.0 Å². The van der Waals surface area contributed by atoms with Crippen LogP contribution in [-0.4, -0.2) is 53.3 Å². The SMILES string of the molecule is CCC1(CO)CCN(C(=O)NC2CCC(SC)C2)CC1. The molecule has 2 fully saturated rings. The summed E-state index contributed by atoms with van der Waals surface area (Å²) >= 11 is 1.91. The third-order valence-corrected chi connectivity index (χ3v) is 6.34. The highest BCUT2D eigenvalue weighted by Gasteiger charge is 2.34. The van der Waals surface area contributed by atoms with Crippen molar-refractivity contribution in [2.24, 2.45) is 5.41 Å². The minimum atomic E-state index is 0.0497. The minimum absolute atomic E-state index is 0.0497. The van der Waals surface area contributed by atoms with Crippen LogP contribution in [0.5, 0.6) is 0 Å². The summed E-state index contributed by atoms with van der Waals surface area (Å²) in [7, 11) is 0. The molecule has 2 amide bonds. The molecule has 2 aliphatic rings. The van der Waals surface area contributed by atoms with E-state index in [1.807, 2.05) is 16.7 Å². The molecule has 0 radical (unpaired) electrons. The number of piperidine rings is 1. The Bertz CT molecular complexity index is 324. The van der Waals surface area contributed by atoms with Crippen LogP contribution < -0.4 is 5.32 Å². The summed E-state index contributed by atoms with van der Waals surface area (Å²) in [4.78, 5) is 14.2. The Balaban J connectivity index is 1.78. The highest BCUT2D eigenvalue weighted by atomic mass is 32.2. The number of nitrogens with one attached hydrogen (secondary N) is 1. The topological polar surface area (TPSA) is 52.6 Å². The van der Waals surface area contributed by atoms with Gasteiger partial charge in [0.15, 0.2) is 0 Å². The molecule has 1 saturated carbocycles. The smallest absolute Gasteiger partial charge is 0.317 e. The first-order valence-electron chi connectivity index (χ1n) is 7.81. The Morgan fingerprint density at radius 1 is 1.40 bits per heavy atom. The molecule has 0 aromatic rings. The summed E-state index contributed by atoms with van der Waals surface area (Å²) in [6, 6.07) is 0.454. The standard InChI is InChI=1S/C15H28N2O2S/c1-3-15(11-18)6-8-17(9-7-15)14(19)16-12-4-5-13(10-12)20-2/h12-13,18H,3-11H2,1-2H3,(H,16,19). The minimum Gasteiger partial charge on any atom is -0.396 e. The van der Waals surface area contributed by atoms with Crippen molar-refractivity contribution in [1.29, 1.82) is 0 Å². The molecule has 0 bridgehead atoms. The molecule has 20 heavy (non-hydrogen) atoms. The Morgan fingerprint density at radius 2 is 2.10 bits per heavy atom. The molecule has 1 aliphatic heterocycles. The Hall–Kier alpha value is -0.420. The average Bonchev–Trinajstić information content (AvgIpc) is 2.95. The number of carbonyl (C=O) groups excluding carboxylic acids is 1. The number of rotatable bonds is 4. The number of amides is 2. The third-order valence-electron chi connectivity index (χ3n) is 5.24. The second-order valence-corrected chi connectivity index (χ2v) is 7.45. The lowest BCUT2D eigenvalue weighted by molar-refractivity contribution is 0.0515. The van der Waals surface area contributed by atoms with Crippen molar-refractivity contribution < 1.29 is 9.90 Å². The van der Waals surface area contributed by atoms with Gasteiger partial charge in [0.2, 0.25) is 0 Å². The molecule has 2 unspecified atom stereocenters. The van der Waals surface area contributed by atoms with Gasteiger partial charge in [-0.15, -0.1) is 0 Å². The number of hydrogen-bond acceptors (Lipinski definition) is 3. The van der Waals surface area contributed by atoms with Crippen molar-refractivity contribution in [3.8, 4) is 0 Å². The second-order valence-electron chi connectivity index (χ2n) is 6.32. The number of thioether (sulfide) groups is 1. The number of nitrogens with zero attached hydrogens (tertiary/aromatic N) is 1. The van der Waals surface area contributed by atoms with Crippen LogP contribution in [0.4, 0.5) is 4.79 Å². The summed E-state index contributed by atoms with van der Waals surface area (Å²) in [5.74, 6) is 0. The average molecular weight is 300 g/mol. The molecule has 0 spiro atoms. The quantitative estimate of drug-likeness (QED) is 0.838. The lowest BCUT2D eigenvalue weighted by Crippen LogP contribution is -2.50. The van der Waals surface area contributed by atoms with Gasteiger partial charge >= 0.3 is 6.03 Å². The van der Waals surface area contributed by atoms with E-state index in [4.69, 9.17) is 0 Å². The van der Waals surface area contributed by atoms with Crippen LogP contribution in [0.1, 0.15) is 45.4 Å². The molecule has 2 rings (SSSR count). The zero-order valence-corrected chi connectivity index (χ0v) is 13.5. The number of hydrogen-bond donors (Lipinski definition) is 2. The van der Waals surface area contributed by atoms with Crippen molar-refractivity contribution in [3.05, 3.63) is 0 Å². The molecule has 1 saturated heterocycles. The first-order chi connectivity index (χ1) is 9.62. The summed E-state index contributed by atoms with van der Waals surface area (Å²) in [5, 5.41) is 13.4. The maximum Gasteiger partial charge on any atom is 0.317 e. The van der Waals surface area contributed by atoms with Crippen LogP contribution in [-0.2, 0) is 0 Å². The molecule has 0 aromatic carbocycles. The monoisotopic (exact) mass is 300 g/mol. The number of carbonyl (C=O) groups is 1. The summed E-state index contributed by atoms with van der Waals surface area (Å²) in [5.41, 5.74) is 0.0497. The number of aliphatic hydroxyl groups excluding tert-OH is 1. The van der Waals surface area contributed by atoms with Gasteiger partial charge in [-0.25, -0.2) is 4.79 Å². The first-order valence-corrected chi connectivity index (χ1v) is 9.10. The van der Waals surface area contributed by atoms with Crippen LogP contribution in [0.15, 0.2) is 0 Å². The van der Waals surface area contributed by atoms with E-state index < -0.39 is 0 Å². The fraction of sp³-hybridized carbons (Fsp3) is 0.933. The highest BCUT2D eigenvalue weighted by molar-refractivity contribution is 7.99. The van der Waals surface area contributed by atoms with Crippen LogP contribution >= 0.6 is 11.8 Å². The number of urea groups is 1. The maximum atomic E-state index is 12.3.